The molecule has 0 radical (unpaired) electrons. The number of hydrogen-bond acceptors (Lipinski definition) is 4. The summed E-state index contributed by atoms with van der Waals surface area (Å²) in [7, 11) is -4.08. The molecule has 1 aromatic heterocycles. The van der Waals surface area contributed by atoms with Crippen molar-refractivity contribution < 1.29 is 21.9 Å². The minimum atomic E-state index is -4.08. The number of halogens is 3. The van der Waals surface area contributed by atoms with Gasteiger partial charge in [-0.2, -0.15) is 4.31 Å². The topological polar surface area (TPSA) is 59.5 Å². The molecule has 2 heterocycles. The summed E-state index contributed by atoms with van der Waals surface area (Å²) in [4.78, 5) is 3.31. The predicted octanol–water partition coefficient (Wildman–Crippen LogP) is 3.25. The van der Waals surface area contributed by atoms with Crippen molar-refractivity contribution in [1.29, 1.82) is 0 Å². The molecule has 1 unspecified atom stereocenters. The molecule has 1 atom stereocenters. The summed E-state index contributed by atoms with van der Waals surface area (Å²) in [6.07, 6.45) is 3.72. The van der Waals surface area contributed by atoms with Crippen LogP contribution >= 0.6 is 11.6 Å². The molecule has 1 fully saturated rings. The zero-order valence-corrected chi connectivity index (χ0v) is 14.6. The van der Waals surface area contributed by atoms with Crippen molar-refractivity contribution >= 4 is 21.6 Å². The van der Waals surface area contributed by atoms with Gasteiger partial charge in [-0.3, -0.25) is 4.98 Å². The molecule has 0 spiro atoms. The fraction of sp³-hybridized carbons (Fsp3) is 0.312. The van der Waals surface area contributed by atoms with Crippen LogP contribution in [0.3, 0.4) is 0 Å². The second-order valence-electron chi connectivity index (χ2n) is 5.63. The van der Waals surface area contributed by atoms with Gasteiger partial charge in [-0.15, -0.1) is 0 Å². The van der Waals surface area contributed by atoms with E-state index in [-0.39, 0.29) is 13.1 Å². The van der Waals surface area contributed by atoms with E-state index in [1.807, 2.05) is 0 Å². The first-order valence-electron chi connectivity index (χ1n) is 7.59. The third-order valence-electron chi connectivity index (χ3n) is 3.88. The van der Waals surface area contributed by atoms with Crippen LogP contribution in [0.5, 0.6) is 5.75 Å². The van der Waals surface area contributed by atoms with Gasteiger partial charge in [0.2, 0.25) is 10.0 Å². The van der Waals surface area contributed by atoms with Gasteiger partial charge in [-0.25, -0.2) is 17.2 Å². The zero-order valence-electron chi connectivity index (χ0n) is 13.0. The predicted molar refractivity (Wildman–Crippen MR) is 88.0 cm³/mol. The largest absolute Gasteiger partial charge is 0.487 e. The summed E-state index contributed by atoms with van der Waals surface area (Å²) in [6, 6.07) is 4.01. The molecule has 5 nitrogen and oxygen atoms in total. The highest BCUT2D eigenvalue weighted by molar-refractivity contribution is 7.89. The highest BCUT2D eigenvalue weighted by atomic mass is 35.5. The first kappa shape index (κ1) is 18.0. The molecule has 0 saturated carbocycles. The number of sulfonamides is 1. The average Bonchev–Trinajstić information content (AvgIpc) is 2.57. The van der Waals surface area contributed by atoms with Gasteiger partial charge < -0.3 is 4.74 Å². The Morgan fingerprint density at radius 3 is 2.80 bits per heavy atom. The number of benzene rings is 1. The molecule has 9 heteroatoms. The van der Waals surface area contributed by atoms with Crippen LogP contribution in [0.2, 0.25) is 5.02 Å². The summed E-state index contributed by atoms with van der Waals surface area (Å²) in [5.74, 6) is -1.53. The Morgan fingerprint density at radius 1 is 1.28 bits per heavy atom. The summed E-state index contributed by atoms with van der Waals surface area (Å²) in [5, 5.41) is 0.326. The summed E-state index contributed by atoms with van der Waals surface area (Å²) >= 11 is 6.00. The lowest BCUT2D eigenvalue weighted by molar-refractivity contribution is 0.129. The average molecular weight is 389 g/mol. The van der Waals surface area contributed by atoms with E-state index in [0.29, 0.717) is 29.7 Å². The molecule has 0 amide bonds. The third-order valence-corrected chi connectivity index (χ3v) is 6.06. The van der Waals surface area contributed by atoms with Gasteiger partial charge in [0.1, 0.15) is 33.4 Å². The molecular weight excluding hydrogens is 374 g/mol. The van der Waals surface area contributed by atoms with Crippen LogP contribution in [0.1, 0.15) is 12.8 Å². The highest BCUT2D eigenvalue weighted by Gasteiger charge is 2.33. The number of rotatable bonds is 4. The molecule has 0 bridgehead atoms. The van der Waals surface area contributed by atoms with Crippen LogP contribution in [0.15, 0.2) is 41.6 Å². The Kier molecular flexibility index (Phi) is 5.21. The lowest BCUT2D eigenvalue weighted by atomic mass is 10.1. The van der Waals surface area contributed by atoms with E-state index in [4.69, 9.17) is 16.3 Å². The molecule has 3 rings (SSSR count). The Morgan fingerprint density at radius 2 is 2.08 bits per heavy atom. The Hall–Kier alpha value is -1.77. The van der Waals surface area contributed by atoms with Gasteiger partial charge in [0.25, 0.3) is 0 Å². The molecule has 1 aliphatic heterocycles. The van der Waals surface area contributed by atoms with Crippen molar-refractivity contribution in [3.63, 3.8) is 0 Å². The maximum Gasteiger partial charge on any atom is 0.246 e. The van der Waals surface area contributed by atoms with Gasteiger partial charge in [0.15, 0.2) is 0 Å². The van der Waals surface area contributed by atoms with Crippen molar-refractivity contribution in [2.45, 2.75) is 23.8 Å². The van der Waals surface area contributed by atoms with E-state index in [2.05, 4.69) is 4.98 Å². The van der Waals surface area contributed by atoms with Crippen LogP contribution in [-0.2, 0) is 10.0 Å². The van der Waals surface area contributed by atoms with Gasteiger partial charge in [-0.05, 0) is 25.0 Å². The van der Waals surface area contributed by atoms with Crippen molar-refractivity contribution in [2.75, 3.05) is 13.1 Å². The van der Waals surface area contributed by atoms with Crippen LogP contribution in [0.4, 0.5) is 8.78 Å². The third kappa shape index (κ3) is 3.91. The fourth-order valence-corrected chi connectivity index (χ4v) is 4.40. The van der Waals surface area contributed by atoms with Crippen LogP contribution < -0.4 is 4.74 Å². The number of nitrogens with zero attached hydrogens (tertiary/aromatic N) is 2. The number of pyridine rings is 1. The summed E-state index contributed by atoms with van der Waals surface area (Å²) in [5.41, 5.74) is 0. The van der Waals surface area contributed by atoms with Crippen molar-refractivity contribution in [2.24, 2.45) is 0 Å². The maximum atomic E-state index is 13.9. The molecular formula is C16H15ClF2N2O3S. The first-order valence-corrected chi connectivity index (χ1v) is 9.41. The summed E-state index contributed by atoms with van der Waals surface area (Å²) in [6.45, 7) is 0.293. The fourth-order valence-electron chi connectivity index (χ4n) is 2.68. The van der Waals surface area contributed by atoms with Gasteiger partial charge in [0, 0.05) is 31.1 Å². The molecule has 1 aromatic carbocycles. The maximum absolute atomic E-state index is 13.9. The Balaban J connectivity index is 1.79. The van der Waals surface area contributed by atoms with Gasteiger partial charge in [-0.1, -0.05) is 11.6 Å². The standard InChI is InChI=1S/C16H15ClF2N2O3S/c17-13-9-20-6-5-15(13)24-12-2-1-7-21(10-12)25(22,23)16-4-3-11(18)8-14(16)19/h3-6,8-9,12H,1-2,7,10H2. The number of piperidine rings is 1. The molecule has 25 heavy (non-hydrogen) atoms. The SMILES string of the molecule is O=S(=O)(c1ccc(F)cc1F)N1CCCC(Oc2ccncc2Cl)C1. The number of ether oxygens (including phenoxy) is 1. The zero-order chi connectivity index (χ0) is 18.0. The number of hydrogen-bond donors (Lipinski definition) is 0. The lowest BCUT2D eigenvalue weighted by Crippen LogP contribution is -2.44. The lowest BCUT2D eigenvalue weighted by Gasteiger charge is -2.32. The van der Waals surface area contributed by atoms with E-state index in [0.717, 1.165) is 16.4 Å². The second-order valence-corrected chi connectivity index (χ2v) is 7.94. The molecule has 1 aliphatic rings. The highest BCUT2D eigenvalue weighted by Crippen LogP contribution is 2.28. The molecule has 1 saturated heterocycles. The van der Waals surface area contributed by atoms with Crippen molar-refractivity contribution in [1.82, 2.24) is 9.29 Å². The minimum absolute atomic E-state index is 0.0534. The first-order chi connectivity index (χ1) is 11.9. The van der Waals surface area contributed by atoms with Gasteiger partial charge in [0.05, 0.1) is 6.54 Å². The van der Waals surface area contributed by atoms with E-state index in [1.165, 1.54) is 12.4 Å². The van der Waals surface area contributed by atoms with Crippen LogP contribution in [0, 0.1) is 11.6 Å². The normalized spacial score (nSPS) is 18.9. The monoisotopic (exact) mass is 388 g/mol. The molecule has 0 aliphatic carbocycles. The van der Waals surface area contributed by atoms with E-state index in [1.54, 1.807) is 6.07 Å². The van der Waals surface area contributed by atoms with E-state index in [9.17, 15) is 17.2 Å². The quantitative estimate of drug-likeness (QED) is 0.806. The van der Waals surface area contributed by atoms with Crippen molar-refractivity contribution in [3.05, 3.63) is 53.3 Å². The molecule has 0 N–H and O–H groups in total. The van der Waals surface area contributed by atoms with Crippen LogP contribution in [0.25, 0.3) is 0 Å². The Bertz CT molecular complexity index is 879. The second kappa shape index (κ2) is 7.23. The minimum Gasteiger partial charge on any atom is -0.487 e. The Labute approximate surface area is 149 Å². The van der Waals surface area contributed by atoms with Gasteiger partial charge >= 0.3 is 0 Å². The van der Waals surface area contributed by atoms with E-state index < -0.39 is 32.7 Å². The van der Waals surface area contributed by atoms with Crippen LogP contribution in [-0.4, -0.2) is 36.9 Å². The van der Waals surface area contributed by atoms with Crippen molar-refractivity contribution in [3.8, 4) is 5.75 Å². The number of aromatic nitrogens is 1. The van der Waals surface area contributed by atoms with E-state index >= 15 is 0 Å². The molecule has 2 aromatic rings. The molecule has 134 valence electrons. The smallest absolute Gasteiger partial charge is 0.246 e. The summed E-state index contributed by atoms with van der Waals surface area (Å²) < 4.78 is 59.2.